The lowest BCUT2D eigenvalue weighted by atomic mass is 9.84. The van der Waals surface area contributed by atoms with Crippen molar-refractivity contribution in [2.75, 3.05) is 5.75 Å². The van der Waals surface area contributed by atoms with Gasteiger partial charge >= 0.3 is 16.3 Å². The highest BCUT2D eigenvalue weighted by molar-refractivity contribution is 7.86. The molecule has 1 amide bonds. The molecule has 21 heavy (non-hydrogen) atoms. The van der Waals surface area contributed by atoms with Crippen LogP contribution in [-0.4, -0.2) is 31.9 Å². The maximum Gasteiger partial charge on any atom is 0.407 e. The van der Waals surface area contributed by atoms with E-state index in [1.807, 2.05) is 27.7 Å². The molecule has 0 saturated heterocycles. The first-order valence-electron chi connectivity index (χ1n) is 7.15. The predicted octanol–water partition coefficient (Wildman–Crippen LogP) is 3.11. The van der Waals surface area contributed by atoms with Gasteiger partial charge in [0.1, 0.15) is 5.60 Å². The second-order valence-corrected chi connectivity index (χ2v) is 8.44. The first kappa shape index (κ1) is 20.1. The van der Waals surface area contributed by atoms with Crippen LogP contribution in [0.25, 0.3) is 0 Å². The van der Waals surface area contributed by atoms with E-state index in [4.69, 9.17) is 4.74 Å². The lowest BCUT2D eigenvalue weighted by Gasteiger charge is -2.33. The van der Waals surface area contributed by atoms with Crippen LogP contribution in [0.2, 0.25) is 0 Å². The van der Waals surface area contributed by atoms with Gasteiger partial charge in [-0.15, -0.1) is 3.89 Å². The van der Waals surface area contributed by atoms with Gasteiger partial charge in [-0.3, -0.25) is 0 Å². The van der Waals surface area contributed by atoms with E-state index in [9.17, 15) is 17.1 Å². The van der Waals surface area contributed by atoms with Crippen molar-refractivity contribution < 1.29 is 21.8 Å². The maximum absolute atomic E-state index is 13.1. The van der Waals surface area contributed by atoms with Crippen molar-refractivity contribution in [3.05, 3.63) is 0 Å². The van der Waals surface area contributed by atoms with E-state index in [-0.39, 0.29) is 11.8 Å². The summed E-state index contributed by atoms with van der Waals surface area (Å²) in [6.07, 6.45) is -0.622. The first-order chi connectivity index (χ1) is 9.23. The average molecular weight is 325 g/mol. The number of hydrogen-bond donors (Lipinski definition) is 1. The molecule has 0 aliphatic heterocycles. The Hall–Kier alpha value is -0.850. The fraction of sp³-hybridized carbons (Fsp3) is 0.929. The topological polar surface area (TPSA) is 72.5 Å². The number of rotatable bonds is 6. The molecule has 2 unspecified atom stereocenters. The number of alkyl carbamates (subject to hydrolysis) is 1. The van der Waals surface area contributed by atoms with Crippen LogP contribution in [0.4, 0.5) is 8.68 Å². The minimum atomic E-state index is -4.61. The lowest BCUT2D eigenvalue weighted by Crippen LogP contribution is -2.49. The molecule has 126 valence electrons. The number of hydrogen-bond acceptors (Lipinski definition) is 4. The first-order valence-corrected chi connectivity index (χ1v) is 8.70. The second-order valence-electron chi connectivity index (χ2n) is 7.03. The van der Waals surface area contributed by atoms with Gasteiger partial charge in [-0.2, -0.15) is 8.42 Å². The van der Waals surface area contributed by atoms with Crippen LogP contribution in [0.15, 0.2) is 0 Å². The Morgan fingerprint density at radius 1 is 1.14 bits per heavy atom. The molecule has 0 aromatic rings. The van der Waals surface area contributed by atoms with Gasteiger partial charge in [-0.1, -0.05) is 27.7 Å². The highest BCUT2D eigenvalue weighted by atomic mass is 32.3. The summed E-state index contributed by atoms with van der Waals surface area (Å²) in [5, 5.41) is 2.68. The van der Waals surface area contributed by atoms with Crippen LogP contribution in [0.5, 0.6) is 0 Å². The smallest absolute Gasteiger partial charge is 0.407 e. The van der Waals surface area contributed by atoms with E-state index in [1.165, 1.54) is 0 Å². The quantitative estimate of drug-likeness (QED) is 0.762. The van der Waals surface area contributed by atoms with Crippen molar-refractivity contribution in [3.63, 3.8) is 0 Å². The summed E-state index contributed by atoms with van der Waals surface area (Å²) in [6, 6.07) is -0.481. The van der Waals surface area contributed by atoms with Crippen molar-refractivity contribution in [1.82, 2.24) is 5.32 Å². The van der Waals surface area contributed by atoms with Crippen molar-refractivity contribution in [3.8, 4) is 0 Å². The zero-order valence-corrected chi connectivity index (χ0v) is 14.8. The number of carbonyl (C=O) groups is 1. The molecule has 0 aromatic carbocycles. The van der Waals surface area contributed by atoms with Gasteiger partial charge < -0.3 is 10.1 Å². The van der Waals surface area contributed by atoms with Crippen molar-refractivity contribution in [2.24, 2.45) is 17.8 Å². The second kappa shape index (κ2) is 7.42. The monoisotopic (exact) mass is 325 g/mol. The molecule has 0 heterocycles. The van der Waals surface area contributed by atoms with Crippen LogP contribution < -0.4 is 5.32 Å². The highest BCUT2D eigenvalue weighted by Crippen LogP contribution is 2.24. The molecular formula is C14H28FNO4S. The molecule has 0 aromatic heterocycles. The SMILES string of the molecule is CC(C)C(CS(=O)(=O)F)C(NC(=O)OC(C)(C)C)C(C)C. The summed E-state index contributed by atoms with van der Waals surface area (Å²) in [5.74, 6) is -1.28. The standard InChI is InChI=1S/C14H28FNO4S/c1-9(2)11(8-21(15,18)19)12(10(3)4)16-13(17)20-14(5,6)7/h9-12H,8H2,1-7H3,(H,16,17). The summed E-state index contributed by atoms with van der Waals surface area (Å²) in [7, 11) is -4.61. The molecule has 0 rings (SSSR count). The maximum atomic E-state index is 13.1. The minimum absolute atomic E-state index is 0.0494. The Bertz CT molecular complexity index is 440. The van der Waals surface area contributed by atoms with E-state index in [2.05, 4.69) is 5.32 Å². The van der Waals surface area contributed by atoms with E-state index in [0.29, 0.717) is 0 Å². The van der Waals surface area contributed by atoms with E-state index < -0.39 is 39.6 Å². The largest absolute Gasteiger partial charge is 0.444 e. The number of amides is 1. The summed E-state index contributed by atoms with van der Waals surface area (Å²) in [4.78, 5) is 11.9. The molecule has 0 radical (unpaired) electrons. The number of ether oxygens (including phenoxy) is 1. The molecular weight excluding hydrogens is 297 g/mol. The summed E-state index contributed by atoms with van der Waals surface area (Å²) in [5.41, 5.74) is -0.648. The van der Waals surface area contributed by atoms with Crippen molar-refractivity contribution in [2.45, 2.75) is 60.1 Å². The molecule has 1 N–H and O–H groups in total. The van der Waals surface area contributed by atoms with E-state index in [1.54, 1.807) is 20.8 Å². The molecule has 0 spiro atoms. The van der Waals surface area contributed by atoms with Gasteiger partial charge in [-0.05, 0) is 38.5 Å². The van der Waals surface area contributed by atoms with Gasteiger partial charge in [0.2, 0.25) is 0 Å². The minimum Gasteiger partial charge on any atom is -0.444 e. The van der Waals surface area contributed by atoms with Gasteiger partial charge in [0.05, 0.1) is 5.75 Å². The van der Waals surface area contributed by atoms with Crippen LogP contribution in [-0.2, 0) is 15.0 Å². The Morgan fingerprint density at radius 2 is 1.62 bits per heavy atom. The fourth-order valence-corrected chi connectivity index (χ4v) is 3.20. The number of carbonyl (C=O) groups excluding carboxylic acids is 1. The Morgan fingerprint density at radius 3 is 1.90 bits per heavy atom. The summed E-state index contributed by atoms with van der Waals surface area (Å²) >= 11 is 0. The number of halogens is 1. The Balaban J connectivity index is 5.12. The average Bonchev–Trinajstić information content (AvgIpc) is 2.18. The zero-order chi connectivity index (χ0) is 17.0. The third-order valence-corrected chi connectivity index (χ3v) is 3.89. The predicted molar refractivity (Wildman–Crippen MR) is 81.2 cm³/mol. The normalized spacial score (nSPS) is 15.9. The Labute approximate surface area is 127 Å². The van der Waals surface area contributed by atoms with Crippen molar-refractivity contribution in [1.29, 1.82) is 0 Å². The molecule has 0 bridgehead atoms. The third-order valence-electron chi connectivity index (χ3n) is 3.11. The molecule has 0 saturated carbocycles. The van der Waals surface area contributed by atoms with Gasteiger partial charge in [0.15, 0.2) is 0 Å². The van der Waals surface area contributed by atoms with Crippen molar-refractivity contribution >= 4 is 16.3 Å². The van der Waals surface area contributed by atoms with E-state index >= 15 is 0 Å². The molecule has 0 fully saturated rings. The zero-order valence-electron chi connectivity index (χ0n) is 13.9. The third kappa shape index (κ3) is 8.90. The molecule has 0 aliphatic carbocycles. The van der Waals surface area contributed by atoms with Gasteiger partial charge in [-0.25, -0.2) is 4.79 Å². The van der Waals surface area contributed by atoms with Gasteiger partial charge in [0.25, 0.3) is 0 Å². The molecule has 2 atom stereocenters. The Kier molecular flexibility index (Phi) is 7.12. The highest BCUT2D eigenvalue weighted by Gasteiger charge is 2.33. The molecule has 7 heteroatoms. The molecule has 5 nitrogen and oxygen atoms in total. The molecule has 0 aliphatic rings. The lowest BCUT2D eigenvalue weighted by molar-refractivity contribution is 0.0458. The fourth-order valence-electron chi connectivity index (χ4n) is 2.15. The van der Waals surface area contributed by atoms with Crippen LogP contribution in [0.3, 0.4) is 0 Å². The number of nitrogens with one attached hydrogen (secondary N) is 1. The van der Waals surface area contributed by atoms with Crippen LogP contribution in [0.1, 0.15) is 48.5 Å². The summed E-state index contributed by atoms with van der Waals surface area (Å²) < 4.78 is 40.2. The summed E-state index contributed by atoms with van der Waals surface area (Å²) in [6.45, 7) is 12.5. The van der Waals surface area contributed by atoms with Crippen LogP contribution in [0, 0.1) is 17.8 Å². The van der Waals surface area contributed by atoms with Crippen LogP contribution >= 0.6 is 0 Å². The van der Waals surface area contributed by atoms with Gasteiger partial charge in [0, 0.05) is 6.04 Å². The van der Waals surface area contributed by atoms with E-state index in [0.717, 1.165) is 0 Å².